The van der Waals surface area contributed by atoms with Gasteiger partial charge in [0.25, 0.3) is 5.91 Å². The highest BCUT2D eigenvalue weighted by molar-refractivity contribution is 6.29. The molecule has 0 aliphatic heterocycles. The number of rotatable bonds is 5. The van der Waals surface area contributed by atoms with Crippen LogP contribution in [-0.2, 0) is 4.74 Å². The summed E-state index contributed by atoms with van der Waals surface area (Å²) in [5.41, 5.74) is 0.321. The molecule has 0 bridgehead atoms. The third-order valence-electron chi connectivity index (χ3n) is 2.14. The molecule has 88 valence electrons. The molecule has 1 unspecified atom stereocenters. The van der Waals surface area contributed by atoms with Gasteiger partial charge in [0.15, 0.2) is 0 Å². The van der Waals surface area contributed by atoms with Gasteiger partial charge in [0.05, 0.1) is 12.6 Å². The van der Waals surface area contributed by atoms with E-state index in [1.54, 1.807) is 25.3 Å². The largest absolute Gasteiger partial charge is 0.383 e. The van der Waals surface area contributed by atoms with Gasteiger partial charge >= 0.3 is 0 Å². The predicted molar refractivity (Wildman–Crippen MR) is 62.7 cm³/mol. The Morgan fingerprint density at radius 2 is 2.38 bits per heavy atom. The van der Waals surface area contributed by atoms with Crippen molar-refractivity contribution in [2.45, 2.75) is 19.4 Å². The fraction of sp³-hybridized carbons (Fsp3) is 0.455. The second-order valence-corrected chi connectivity index (χ2v) is 3.77. The van der Waals surface area contributed by atoms with Gasteiger partial charge < -0.3 is 10.1 Å². The monoisotopic (exact) mass is 242 g/mol. The van der Waals surface area contributed by atoms with E-state index in [9.17, 15) is 4.79 Å². The number of aromatic nitrogens is 1. The summed E-state index contributed by atoms with van der Waals surface area (Å²) in [4.78, 5) is 15.7. The number of carbonyl (C=O) groups excluding carboxylic acids is 1. The third kappa shape index (κ3) is 3.79. The summed E-state index contributed by atoms with van der Waals surface area (Å²) >= 11 is 5.70. The molecule has 0 fully saturated rings. The van der Waals surface area contributed by atoms with Crippen LogP contribution < -0.4 is 5.32 Å². The van der Waals surface area contributed by atoms with Gasteiger partial charge in [0.1, 0.15) is 10.8 Å². The van der Waals surface area contributed by atoms with E-state index in [2.05, 4.69) is 10.3 Å². The Morgan fingerprint density at radius 1 is 1.62 bits per heavy atom. The molecular formula is C11H15ClN2O2. The van der Waals surface area contributed by atoms with Crippen LogP contribution in [0.15, 0.2) is 18.2 Å². The standard InChI is InChI=1S/C11H15ClN2O2/c1-3-8(7-16-2)13-11(15)9-5-4-6-10(12)14-9/h4-6,8H,3,7H2,1-2H3,(H,13,15). The molecule has 0 radical (unpaired) electrons. The van der Waals surface area contributed by atoms with Gasteiger partial charge in [-0.1, -0.05) is 24.6 Å². The molecule has 0 spiro atoms. The molecule has 1 aromatic heterocycles. The van der Waals surface area contributed by atoms with Crippen LogP contribution in [0.1, 0.15) is 23.8 Å². The summed E-state index contributed by atoms with van der Waals surface area (Å²) in [6, 6.07) is 4.95. The number of pyridine rings is 1. The number of nitrogens with one attached hydrogen (secondary N) is 1. The van der Waals surface area contributed by atoms with Crippen molar-refractivity contribution in [3.63, 3.8) is 0 Å². The van der Waals surface area contributed by atoms with Crippen molar-refractivity contribution in [3.05, 3.63) is 29.0 Å². The quantitative estimate of drug-likeness (QED) is 0.803. The first-order chi connectivity index (χ1) is 7.67. The molecule has 1 atom stereocenters. The molecule has 4 nitrogen and oxygen atoms in total. The lowest BCUT2D eigenvalue weighted by atomic mass is 10.2. The van der Waals surface area contributed by atoms with Gasteiger partial charge in [-0.2, -0.15) is 0 Å². The lowest BCUT2D eigenvalue weighted by Gasteiger charge is -2.15. The number of ether oxygens (including phenoxy) is 1. The maximum Gasteiger partial charge on any atom is 0.270 e. The zero-order valence-corrected chi connectivity index (χ0v) is 10.1. The molecule has 0 aromatic carbocycles. The van der Waals surface area contributed by atoms with Crippen molar-refractivity contribution < 1.29 is 9.53 Å². The van der Waals surface area contributed by atoms with E-state index < -0.39 is 0 Å². The van der Waals surface area contributed by atoms with Crippen molar-refractivity contribution in [2.24, 2.45) is 0 Å². The second kappa shape index (κ2) is 6.45. The van der Waals surface area contributed by atoms with Crippen molar-refractivity contribution in [1.82, 2.24) is 10.3 Å². The Morgan fingerprint density at radius 3 is 2.94 bits per heavy atom. The van der Waals surface area contributed by atoms with Crippen LogP contribution in [0.25, 0.3) is 0 Å². The fourth-order valence-electron chi connectivity index (χ4n) is 1.26. The topological polar surface area (TPSA) is 51.2 Å². The van der Waals surface area contributed by atoms with Gasteiger partial charge in [-0.25, -0.2) is 4.98 Å². The van der Waals surface area contributed by atoms with Crippen LogP contribution in [0.3, 0.4) is 0 Å². The maximum absolute atomic E-state index is 11.8. The van der Waals surface area contributed by atoms with Crippen LogP contribution in [0.5, 0.6) is 0 Å². The van der Waals surface area contributed by atoms with Gasteiger partial charge in [-0.05, 0) is 18.6 Å². The van der Waals surface area contributed by atoms with E-state index in [0.717, 1.165) is 6.42 Å². The summed E-state index contributed by atoms with van der Waals surface area (Å²) in [7, 11) is 1.60. The highest BCUT2D eigenvalue weighted by Crippen LogP contribution is 2.05. The minimum atomic E-state index is -0.230. The molecule has 1 heterocycles. The van der Waals surface area contributed by atoms with Crippen LogP contribution in [0.2, 0.25) is 5.15 Å². The zero-order chi connectivity index (χ0) is 12.0. The zero-order valence-electron chi connectivity index (χ0n) is 9.37. The average Bonchev–Trinajstić information content (AvgIpc) is 2.28. The number of nitrogens with zero attached hydrogens (tertiary/aromatic N) is 1. The summed E-state index contributed by atoms with van der Waals surface area (Å²) in [6.07, 6.45) is 0.806. The van der Waals surface area contributed by atoms with Crippen molar-refractivity contribution in [3.8, 4) is 0 Å². The van der Waals surface area contributed by atoms with E-state index in [0.29, 0.717) is 17.5 Å². The molecule has 16 heavy (non-hydrogen) atoms. The smallest absolute Gasteiger partial charge is 0.270 e. The molecule has 1 rings (SSSR count). The number of amides is 1. The Kier molecular flexibility index (Phi) is 5.22. The summed E-state index contributed by atoms with van der Waals surface area (Å²) in [5.74, 6) is -0.230. The second-order valence-electron chi connectivity index (χ2n) is 3.38. The van der Waals surface area contributed by atoms with Gasteiger partial charge in [0, 0.05) is 7.11 Å². The number of hydrogen-bond acceptors (Lipinski definition) is 3. The fourth-order valence-corrected chi connectivity index (χ4v) is 1.42. The van der Waals surface area contributed by atoms with E-state index >= 15 is 0 Å². The number of halogens is 1. The summed E-state index contributed by atoms with van der Waals surface area (Å²) in [6.45, 7) is 2.47. The molecule has 0 aliphatic carbocycles. The molecule has 5 heteroatoms. The highest BCUT2D eigenvalue weighted by Gasteiger charge is 2.12. The Labute approximate surface area is 100.0 Å². The van der Waals surface area contributed by atoms with Gasteiger partial charge in [0.2, 0.25) is 0 Å². The van der Waals surface area contributed by atoms with E-state index in [4.69, 9.17) is 16.3 Å². The molecule has 1 N–H and O–H groups in total. The lowest BCUT2D eigenvalue weighted by Crippen LogP contribution is -2.37. The number of methoxy groups -OCH3 is 1. The Balaban J connectivity index is 2.64. The first-order valence-electron chi connectivity index (χ1n) is 5.09. The predicted octanol–water partition coefficient (Wildman–Crippen LogP) is 1.89. The Hall–Kier alpha value is -1.13. The van der Waals surface area contributed by atoms with Gasteiger partial charge in [-0.3, -0.25) is 4.79 Å². The van der Waals surface area contributed by atoms with E-state index in [-0.39, 0.29) is 11.9 Å². The third-order valence-corrected chi connectivity index (χ3v) is 2.35. The van der Waals surface area contributed by atoms with Crippen molar-refractivity contribution in [1.29, 1.82) is 0 Å². The highest BCUT2D eigenvalue weighted by atomic mass is 35.5. The van der Waals surface area contributed by atoms with E-state index in [1.807, 2.05) is 6.92 Å². The van der Waals surface area contributed by atoms with E-state index in [1.165, 1.54) is 0 Å². The molecular weight excluding hydrogens is 228 g/mol. The minimum absolute atomic E-state index is 0.00159. The lowest BCUT2D eigenvalue weighted by molar-refractivity contribution is 0.0889. The SMILES string of the molecule is CCC(COC)NC(=O)c1cccc(Cl)n1. The molecule has 0 saturated carbocycles. The van der Waals surface area contributed by atoms with Gasteiger partial charge in [-0.15, -0.1) is 0 Å². The average molecular weight is 243 g/mol. The number of hydrogen-bond donors (Lipinski definition) is 1. The van der Waals surface area contributed by atoms with Crippen LogP contribution >= 0.6 is 11.6 Å². The molecule has 1 aromatic rings. The van der Waals surface area contributed by atoms with Crippen LogP contribution in [0.4, 0.5) is 0 Å². The first-order valence-corrected chi connectivity index (χ1v) is 5.47. The first kappa shape index (κ1) is 12.9. The molecule has 0 aliphatic rings. The number of carbonyl (C=O) groups is 1. The van der Waals surface area contributed by atoms with Crippen LogP contribution in [0, 0.1) is 0 Å². The molecule has 1 amide bonds. The minimum Gasteiger partial charge on any atom is -0.383 e. The van der Waals surface area contributed by atoms with Crippen molar-refractivity contribution >= 4 is 17.5 Å². The van der Waals surface area contributed by atoms with Crippen molar-refractivity contribution in [2.75, 3.05) is 13.7 Å². The summed E-state index contributed by atoms with van der Waals surface area (Å²) < 4.78 is 4.99. The Bertz CT molecular complexity index is 358. The normalized spacial score (nSPS) is 12.2. The molecule has 0 saturated heterocycles. The summed E-state index contributed by atoms with van der Waals surface area (Å²) in [5, 5.41) is 3.14. The van der Waals surface area contributed by atoms with Crippen LogP contribution in [-0.4, -0.2) is 30.6 Å². The maximum atomic E-state index is 11.8.